The highest BCUT2D eigenvalue weighted by Crippen LogP contribution is 1.86. The standard InChI is InChI=1S/C6H13NO3S/c1-6(2)5-7-3-4-11(8,9)10/h5-6H,3-4H2,1-2H3,(H,8,9,10). The summed E-state index contributed by atoms with van der Waals surface area (Å²) in [6, 6.07) is 0. The molecule has 0 aromatic rings. The van der Waals surface area contributed by atoms with E-state index < -0.39 is 10.1 Å². The lowest BCUT2D eigenvalue weighted by molar-refractivity contribution is 0.483. The lowest BCUT2D eigenvalue weighted by Gasteiger charge is -1.93. The van der Waals surface area contributed by atoms with Gasteiger partial charge in [-0.15, -0.1) is 0 Å². The van der Waals surface area contributed by atoms with Gasteiger partial charge in [0.05, 0.1) is 12.3 Å². The lowest BCUT2D eigenvalue weighted by Crippen LogP contribution is -2.07. The molecule has 0 rings (SSSR count). The second kappa shape index (κ2) is 4.46. The molecule has 1 N–H and O–H groups in total. The Kier molecular flexibility index (Phi) is 4.29. The van der Waals surface area contributed by atoms with Crippen LogP contribution in [-0.2, 0) is 10.1 Å². The van der Waals surface area contributed by atoms with Gasteiger partial charge in [0.1, 0.15) is 0 Å². The zero-order chi connectivity index (χ0) is 8.91. The van der Waals surface area contributed by atoms with Crippen LogP contribution in [0.3, 0.4) is 0 Å². The van der Waals surface area contributed by atoms with Crippen LogP contribution in [0.1, 0.15) is 13.8 Å². The largest absolute Gasteiger partial charge is 0.296 e. The first-order valence-electron chi connectivity index (χ1n) is 3.37. The maximum atomic E-state index is 10.2. The van der Waals surface area contributed by atoms with Crippen molar-refractivity contribution in [2.45, 2.75) is 13.8 Å². The van der Waals surface area contributed by atoms with Crippen LogP contribution in [0.25, 0.3) is 0 Å². The van der Waals surface area contributed by atoms with Crippen molar-refractivity contribution >= 4 is 16.3 Å². The van der Waals surface area contributed by atoms with Crippen LogP contribution in [0, 0.1) is 5.92 Å². The van der Waals surface area contributed by atoms with Crippen molar-refractivity contribution in [2.75, 3.05) is 12.3 Å². The van der Waals surface area contributed by atoms with Crippen LogP contribution in [0.2, 0.25) is 0 Å². The van der Waals surface area contributed by atoms with Gasteiger partial charge >= 0.3 is 0 Å². The van der Waals surface area contributed by atoms with Crippen LogP contribution in [-0.4, -0.2) is 31.5 Å². The minimum absolute atomic E-state index is 0.136. The molecule has 0 aromatic heterocycles. The smallest absolute Gasteiger partial charge is 0.266 e. The fourth-order valence-corrected chi connectivity index (χ4v) is 0.790. The van der Waals surface area contributed by atoms with Gasteiger partial charge in [0.25, 0.3) is 10.1 Å². The highest BCUT2D eigenvalue weighted by molar-refractivity contribution is 7.85. The molecule has 11 heavy (non-hydrogen) atoms. The van der Waals surface area contributed by atoms with E-state index in [0.29, 0.717) is 5.92 Å². The second-order valence-electron chi connectivity index (χ2n) is 2.59. The molecular weight excluding hydrogens is 166 g/mol. The Bertz CT molecular complexity index is 218. The van der Waals surface area contributed by atoms with Crippen LogP contribution in [0.4, 0.5) is 0 Å². The first-order chi connectivity index (χ1) is 4.92. The molecule has 0 unspecified atom stereocenters. The number of rotatable bonds is 4. The van der Waals surface area contributed by atoms with Gasteiger partial charge in [0.15, 0.2) is 0 Å². The number of aliphatic imine (C=N–C) groups is 1. The van der Waals surface area contributed by atoms with E-state index in [1.165, 1.54) is 0 Å². The van der Waals surface area contributed by atoms with E-state index in [1.54, 1.807) is 6.21 Å². The lowest BCUT2D eigenvalue weighted by atomic mass is 10.2. The minimum Gasteiger partial charge on any atom is -0.296 e. The third kappa shape index (κ3) is 9.58. The van der Waals surface area contributed by atoms with Crippen molar-refractivity contribution in [3.63, 3.8) is 0 Å². The predicted molar refractivity (Wildman–Crippen MR) is 44.6 cm³/mol. The Labute approximate surface area is 67.1 Å². The molecule has 0 bridgehead atoms. The molecule has 5 heteroatoms. The van der Waals surface area contributed by atoms with E-state index in [4.69, 9.17) is 4.55 Å². The average molecular weight is 179 g/mol. The van der Waals surface area contributed by atoms with Crippen molar-refractivity contribution in [1.29, 1.82) is 0 Å². The van der Waals surface area contributed by atoms with Gasteiger partial charge in [-0.2, -0.15) is 8.42 Å². The van der Waals surface area contributed by atoms with E-state index in [-0.39, 0.29) is 12.3 Å². The zero-order valence-corrected chi connectivity index (χ0v) is 7.50. The fraction of sp³-hybridized carbons (Fsp3) is 0.833. The molecular formula is C6H13NO3S. The topological polar surface area (TPSA) is 66.7 Å². The van der Waals surface area contributed by atoms with Gasteiger partial charge in [0, 0.05) is 6.21 Å². The van der Waals surface area contributed by atoms with Crippen LogP contribution in [0.5, 0.6) is 0 Å². The molecule has 0 saturated carbocycles. The maximum absolute atomic E-state index is 10.2. The van der Waals surface area contributed by atoms with Crippen molar-refractivity contribution in [2.24, 2.45) is 10.9 Å². The Hall–Kier alpha value is -0.420. The highest BCUT2D eigenvalue weighted by atomic mass is 32.2. The summed E-state index contributed by atoms with van der Waals surface area (Å²) in [4.78, 5) is 3.79. The molecule has 0 aromatic carbocycles. The third-order valence-electron chi connectivity index (χ3n) is 0.882. The normalized spacial score (nSPS) is 13.1. The van der Waals surface area contributed by atoms with Crippen molar-refractivity contribution in [3.05, 3.63) is 0 Å². The SMILES string of the molecule is CC(C)C=NCCS(=O)(=O)O. The monoisotopic (exact) mass is 179 g/mol. The Morgan fingerprint density at radius 1 is 1.55 bits per heavy atom. The molecule has 0 spiro atoms. The first-order valence-corrected chi connectivity index (χ1v) is 4.98. The Morgan fingerprint density at radius 3 is 2.45 bits per heavy atom. The van der Waals surface area contributed by atoms with Crippen LogP contribution >= 0.6 is 0 Å². The molecule has 0 atom stereocenters. The van der Waals surface area contributed by atoms with E-state index in [9.17, 15) is 8.42 Å². The molecule has 0 amide bonds. The predicted octanol–water partition coefficient (Wildman–Crippen LogP) is 0.601. The number of hydrogen-bond donors (Lipinski definition) is 1. The van der Waals surface area contributed by atoms with Gasteiger partial charge in [-0.25, -0.2) is 0 Å². The van der Waals surface area contributed by atoms with Gasteiger partial charge in [-0.05, 0) is 5.92 Å². The summed E-state index contributed by atoms with van der Waals surface area (Å²) >= 11 is 0. The highest BCUT2D eigenvalue weighted by Gasteiger charge is 2.00. The number of nitrogens with zero attached hydrogens (tertiary/aromatic N) is 1. The Morgan fingerprint density at radius 2 is 2.09 bits per heavy atom. The van der Waals surface area contributed by atoms with Crippen LogP contribution < -0.4 is 0 Å². The first kappa shape index (κ1) is 10.6. The fourth-order valence-electron chi connectivity index (χ4n) is 0.453. The van der Waals surface area contributed by atoms with E-state index in [1.807, 2.05) is 13.8 Å². The van der Waals surface area contributed by atoms with Crippen LogP contribution in [0.15, 0.2) is 4.99 Å². The third-order valence-corrected chi connectivity index (χ3v) is 1.58. The Balaban J connectivity index is 3.59. The molecule has 4 nitrogen and oxygen atoms in total. The van der Waals surface area contributed by atoms with Gasteiger partial charge in [0.2, 0.25) is 0 Å². The van der Waals surface area contributed by atoms with Gasteiger partial charge < -0.3 is 0 Å². The molecule has 66 valence electrons. The molecule has 0 aliphatic heterocycles. The van der Waals surface area contributed by atoms with Gasteiger partial charge in [-0.3, -0.25) is 9.55 Å². The molecule has 0 heterocycles. The summed E-state index contributed by atoms with van der Waals surface area (Å²) in [5.74, 6) is 0.0207. The zero-order valence-electron chi connectivity index (χ0n) is 6.69. The van der Waals surface area contributed by atoms with Crippen molar-refractivity contribution in [3.8, 4) is 0 Å². The van der Waals surface area contributed by atoms with E-state index >= 15 is 0 Å². The molecule has 0 aliphatic rings. The average Bonchev–Trinajstić information content (AvgIpc) is 1.78. The maximum Gasteiger partial charge on any atom is 0.266 e. The quantitative estimate of drug-likeness (QED) is 0.507. The summed E-state index contributed by atoms with van der Waals surface area (Å²) in [5, 5.41) is 0. The van der Waals surface area contributed by atoms with E-state index in [0.717, 1.165) is 0 Å². The van der Waals surface area contributed by atoms with Crippen molar-refractivity contribution < 1.29 is 13.0 Å². The molecule has 0 fully saturated rings. The summed E-state index contributed by atoms with van der Waals surface area (Å²) in [6.07, 6.45) is 1.66. The number of hydrogen-bond acceptors (Lipinski definition) is 3. The molecule has 0 saturated heterocycles. The van der Waals surface area contributed by atoms with Gasteiger partial charge in [-0.1, -0.05) is 13.8 Å². The molecule has 0 radical (unpaired) electrons. The second-order valence-corrected chi connectivity index (χ2v) is 4.16. The molecule has 0 aliphatic carbocycles. The van der Waals surface area contributed by atoms with Crippen molar-refractivity contribution in [1.82, 2.24) is 0 Å². The summed E-state index contributed by atoms with van der Waals surface area (Å²) in [7, 11) is -3.84. The summed E-state index contributed by atoms with van der Waals surface area (Å²) in [5.41, 5.74) is 0. The summed E-state index contributed by atoms with van der Waals surface area (Å²) in [6.45, 7) is 4.02. The minimum atomic E-state index is -3.84. The van der Waals surface area contributed by atoms with E-state index in [2.05, 4.69) is 4.99 Å². The summed E-state index contributed by atoms with van der Waals surface area (Å²) < 4.78 is 28.6.